The van der Waals surface area contributed by atoms with Crippen LogP contribution in [0, 0.1) is 0 Å². The van der Waals surface area contributed by atoms with Crippen LogP contribution in [-0.4, -0.2) is 29.8 Å². The van der Waals surface area contributed by atoms with Gasteiger partial charge in [0, 0.05) is 18.7 Å². The molecule has 14 heavy (non-hydrogen) atoms. The number of hydrogen-bond donors (Lipinski definition) is 3. The van der Waals surface area contributed by atoms with Crippen molar-refractivity contribution in [2.24, 2.45) is 0 Å². The maximum absolute atomic E-state index is 11.4. The quantitative estimate of drug-likeness (QED) is 0.620. The smallest absolute Gasteiger partial charge is 0.315 e. The SMILES string of the molecule is CCC(CCO)NC(=O)NC1CCC1. The first kappa shape index (κ1) is 11.3. The summed E-state index contributed by atoms with van der Waals surface area (Å²) >= 11 is 0. The Morgan fingerprint density at radius 2 is 2.29 bits per heavy atom. The Kier molecular flexibility index (Phi) is 4.73. The third-order valence-corrected chi connectivity index (χ3v) is 2.75. The van der Waals surface area contributed by atoms with E-state index >= 15 is 0 Å². The van der Waals surface area contributed by atoms with Gasteiger partial charge >= 0.3 is 6.03 Å². The fraction of sp³-hybridized carbons (Fsp3) is 0.900. The number of carbonyl (C=O) groups excluding carboxylic acids is 1. The monoisotopic (exact) mass is 200 g/mol. The Labute approximate surface area is 85.1 Å². The van der Waals surface area contributed by atoms with Crippen LogP contribution < -0.4 is 10.6 Å². The average molecular weight is 200 g/mol. The van der Waals surface area contributed by atoms with Gasteiger partial charge in [-0.2, -0.15) is 0 Å². The van der Waals surface area contributed by atoms with Crippen molar-refractivity contribution < 1.29 is 9.90 Å². The third-order valence-electron chi connectivity index (χ3n) is 2.75. The van der Waals surface area contributed by atoms with E-state index in [9.17, 15) is 4.79 Å². The molecule has 0 radical (unpaired) electrons. The van der Waals surface area contributed by atoms with Crippen LogP contribution in [0.15, 0.2) is 0 Å². The number of nitrogens with one attached hydrogen (secondary N) is 2. The molecule has 2 amide bonds. The van der Waals surface area contributed by atoms with Gasteiger partial charge in [-0.25, -0.2) is 4.79 Å². The topological polar surface area (TPSA) is 61.4 Å². The van der Waals surface area contributed by atoms with Crippen LogP contribution in [0.1, 0.15) is 39.0 Å². The number of hydrogen-bond acceptors (Lipinski definition) is 2. The second kappa shape index (κ2) is 5.86. The molecule has 1 unspecified atom stereocenters. The first-order valence-electron chi connectivity index (χ1n) is 5.44. The van der Waals surface area contributed by atoms with Gasteiger partial charge in [0.1, 0.15) is 0 Å². The van der Waals surface area contributed by atoms with E-state index in [1.165, 1.54) is 6.42 Å². The molecule has 0 spiro atoms. The molecule has 1 rings (SSSR count). The van der Waals surface area contributed by atoms with E-state index in [0.29, 0.717) is 12.5 Å². The highest BCUT2D eigenvalue weighted by atomic mass is 16.3. The van der Waals surface area contributed by atoms with Crippen LogP contribution in [0.4, 0.5) is 4.79 Å². The zero-order chi connectivity index (χ0) is 10.4. The maximum Gasteiger partial charge on any atom is 0.315 e. The minimum absolute atomic E-state index is 0.0880. The molecule has 82 valence electrons. The van der Waals surface area contributed by atoms with Gasteiger partial charge in [0.2, 0.25) is 0 Å². The van der Waals surface area contributed by atoms with Crippen LogP contribution in [0.5, 0.6) is 0 Å². The lowest BCUT2D eigenvalue weighted by Gasteiger charge is -2.27. The van der Waals surface area contributed by atoms with Gasteiger partial charge < -0.3 is 15.7 Å². The van der Waals surface area contributed by atoms with Crippen LogP contribution in [-0.2, 0) is 0 Å². The van der Waals surface area contributed by atoms with Gasteiger partial charge in [-0.15, -0.1) is 0 Å². The molecule has 3 N–H and O–H groups in total. The van der Waals surface area contributed by atoms with Gasteiger partial charge in [-0.1, -0.05) is 6.92 Å². The predicted octanol–water partition coefficient (Wildman–Crippen LogP) is 0.999. The maximum atomic E-state index is 11.4. The Hall–Kier alpha value is -0.770. The van der Waals surface area contributed by atoms with E-state index in [1.807, 2.05) is 6.92 Å². The summed E-state index contributed by atoms with van der Waals surface area (Å²) in [6, 6.07) is 0.386. The number of carbonyl (C=O) groups is 1. The molecule has 1 aliphatic carbocycles. The minimum atomic E-state index is -0.0880. The van der Waals surface area contributed by atoms with E-state index < -0.39 is 0 Å². The summed E-state index contributed by atoms with van der Waals surface area (Å²) in [7, 11) is 0. The van der Waals surface area contributed by atoms with Crippen LogP contribution >= 0.6 is 0 Å². The first-order valence-corrected chi connectivity index (χ1v) is 5.44. The number of amides is 2. The van der Waals surface area contributed by atoms with Crippen molar-refractivity contribution in [2.45, 2.75) is 51.1 Å². The Morgan fingerprint density at radius 1 is 1.57 bits per heavy atom. The molecule has 0 saturated heterocycles. The summed E-state index contributed by atoms with van der Waals surface area (Å²) in [4.78, 5) is 11.4. The zero-order valence-corrected chi connectivity index (χ0v) is 8.75. The summed E-state index contributed by atoms with van der Waals surface area (Å²) in [6.45, 7) is 2.13. The van der Waals surface area contributed by atoms with Gasteiger partial charge in [0.25, 0.3) is 0 Å². The van der Waals surface area contributed by atoms with Gasteiger partial charge in [-0.3, -0.25) is 0 Å². The lowest BCUT2D eigenvalue weighted by atomic mass is 9.93. The summed E-state index contributed by atoms with van der Waals surface area (Å²) in [5.41, 5.74) is 0. The van der Waals surface area contributed by atoms with E-state index in [4.69, 9.17) is 5.11 Å². The molecule has 0 aromatic carbocycles. The second-order valence-electron chi connectivity index (χ2n) is 3.86. The molecule has 0 aromatic heterocycles. The van der Waals surface area contributed by atoms with Gasteiger partial charge in [0.15, 0.2) is 0 Å². The fourth-order valence-electron chi connectivity index (χ4n) is 1.50. The van der Waals surface area contributed by atoms with Crippen LogP contribution in [0.25, 0.3) is 0 Å². The van der Waals surface area contributed by atoms with Crippen LogP contribution in [0.3, 0.4) is 0 Å². The van der Waals surface area contributed by atoms with E-state index in [-0.39, 0.29) is 18.7 Å². The average Bonchev–Trinajstić information content (AvgIpc) is 2.11. The number of aliphatic hydroxyl groups is 1. The molecule has 0 bridgehead atoms. The van der Waals surface area contributed by atoms with Crippen molar-refractivity contribution in [1.82, 2.24) is 10.6 Å². The standard InChI is InChI=1S/C10H20N2O2/c1-2-8(6-7-13)11-10(14)12-9-4-3-5-9/h8-9,13H,2-7H2,1H3,(H2,11,12,14). The zero-order valence-electron chi connectivity index (χ0n) is 8.75. The Bertz CT molecular complexity index is 181. The van der Waals surface area contributed by atoms with Crippen molar-refractivity contribution in [3.05, 3.63) is 0 Å². The van der Waals surface area contributed by atoms with Crippen molar-refractivity contribution in [3.63, 3.8) is 0 Å². The first-order chi connectivity index (χ1) is 6.76. The molecule has 1 fully saturated rings. The molecule has 1 atom stereocenters. The van der Waals surface area contributed by atoms with Crippen molar-refractivity contribution in [3.8, 4) is 0 Å². The Morgan fingerprint density at radius 3 is 2.71 bits per heavy atom. The molecule has 1 aliphatic rings. The lowest BCUT2D eigenvalue weighted by molar-refractivity contribution is 0.217. The molecule has 4 heteroatoms. The second-order valence-corrected chi connectivity index (χ2v) is 3.86. The van der Waals surface area contributed by atoms with Crippen molar-refractivity contribution in [1.29, 1.82) is 0 Å². The molecule has 0 aromatic rings. The fourth-order valence-corrected chi connectivity index (χ4v) is 1.50. The molecular weight excluding hydrogens is 180 g/mol. The van der Waals surface area contributed by atoms with E-state index in [1.54, 1.807) is 0 Å². The molecular formula is C10H20N2O2. The number of aliphatic hydroxyl groups excluding tert-OH is 1. The van der Waals surface area contributed by atoms with Crippen molar-refractivity contribution in [2.75, 3.05) is 6.61 Å². The van der Waals surface area contributed by atoms with Gasteiger partial charge in [0.05, 0.1) is 0 Å². The molecule has 1 saturated carbocycles. The summed E-state index contributed by atoms with van der Waals surface area (Å²) in [5, 5.41) is 14.5. The van der Waals surface area contributed by atoms with Crippen molar-refractivity contribution >= 4 is 6.03 Å². The minimum Gasteiger partial charge on any atom is -0.396 e. The lowest BCUT2D eigenvalue weighted by Crippen LogP contribution is -2.48. The largest absolute Gasteiger partial charge is 0.396 e. The van der Waals surface area contributed by atoms with E-state index in [0.717, 1.165) is 19.3 Å². The number of urea groups is 1. The number of rotatable bonds is 5. The highest BCUT2D eigenvalue weighted by Gasteiger charge is 2.20. The van der Waals surface area contributed by atoms with E-state index in [2.05, 4.69) is 10.6 Å². The molecule has 0 aliphatic heterocycles. The predicted molar refractivity (Wildman–Crippen MR) is 55.1 cm³/mol. The highest BCUT2D eigenvalue weighted by molar-refractivity contribution is 5.74. The molecule has 4 nitrogen and oxygen atoms in total. The normalized spacial score (nSPS) is 18.4. The summed E-state index contributed by atoms with van der Waals surface area (Å²) in [6.07, 6.45) is 4.92. The summed E-state index contributed by atoms with van der Waals surface area (Å²) < 4.78 is 0. The highest BCUT2D eigenvalue weighted by Crippen LogP contribution is 2.17. The van der Waals surface area contributed by atoms with Crippen LogP contribution in [0.2, 0.25) is 0 Å². The molecule has 0 heterocycles. The third kappa shape index (κ3) is 3.54. The van der Waals surface area contributed by atoms with Gasteiger partial charge in [-0.05, 0) is 32.1 Å². The Balaban J connectivity index is 2.15. The summed E-state index contributed by atoms with van der Waals surface area (Å²) in [5.74, 6) is 0.